The summed E-state index contributed by atoms with van der Waals surface area (Å²) >= 11 is -1.73. The minimum absolute atomic E-state index is 0.0395. The van der Waals surface area contributed by atoms with E-state index in [0.29, 0.717) is 0 Å². The number of methoxy groups -OCH3 is 2. The van der Waals surface area contributed by atoms with Gasteiger partial charge in [-0.05, 0) is 0 Å². The second-order valence-corrected chi connectivity index (χ2v) is 14.3. The molecule has 2 fully saturated rings. The topological polar surface area (TPSA) is 78.9 Å². The van der Waals surface area contributed by atoms with E-state index in [-0.39, 0.29) is 45.1 Å². The number of hydrogen-bond donors (Lipinski definition) is 0. The molecule has 8 heteroatoms. The second-order valence-electron chi connectivity index (χ2n) is 6.68. The maximum absolute atomic E-state index is 12.4. The molecule has 0 spiro atoms. The SMILES string of the molecule is COC(=O)[C@@H]1[C@@H]2C=C[C@H]([C@@H]1C(=O)OC)[C@H]1[C@@H](OC(C)=O)[C@@H]([Hg][Cl])[C@@H]21. The van der Waals surface area contributed by atoms with Crippen LogP contribution in [0.5, 0.6) is 0 Å². The van der Waals surface area contributed by atoms with E-state index in [0.717, 1.165) is 0 Å². The van der Waals surface area contributed by atoms with Gasteiger partial charge < -0.3 is 0 Å². The van der Waals surface area contributed by atoms with Crippen LogP contribution < -0.4 is 0 Å². The molecule has 6 nitrogen and oxygen atoms in total. The first-order valence-electron chi connectivity index (χ1n) is 8.03. The van der Waals surface area contributed by atoms with Crippen LogP contribution >= 0.6 is 8.25 Å². The molecular formula is C16H19ClHgO6. The summed E-state index contributed by atoms with van der Waals surface area (Å²) in [6, 6.07) is 0. The van der Waals surface area contributed by atoms with E-state index in [1.165, 1.54) is 21.1 Å². The molecule has 0 aromatic heterocycles. The molecule has 0 saturated heterocycles. The van der Waals surface area contributed by atoms with Crippen LogP contribution in [0.25, 0.3) is 0 Å². The number of esters is 3. The van der Waals surface area contributed by atoms with Gasteiger partial charge >= 0.3 is 156 Å². The van der Waals surface area contributed by atoms with E-state index in [4.69, 9.17) is 22.5 Å². The Hall–Kier alpha value is -0.625. The standard InChI is InChI=1S/C16H19O6.ClH.Hg/c1-7(17)22-11-6-10-8-4-5-9(12(10)11)14(16(19)21-3)13(8)15(18)20-2;;/h4-6,8-14H,1-3H3;1H;/q;;+1/p-1/t8-,9+,10+,11+,12-,13-,14+;;/m1../s1. The summed E-state index contributed by atoms with van der Waals surface area (Å²) in [7, 11) is 8.98. The van der Waals surface area contributed by atoms with E-state index in [1.807, 2.05) is 12.2 Å². The first-order chi connectivity index (χ1) is 11.5. The van der Waals surface area contributed by atoms with Crippen molar-refractivity contribution < 1.29 is 51.9 Å². The van der Waals surface area contributed by atoms with Crippen LogP contribution in [-0.2, 0) is 51.9 Å². The Morgan fingerprint density at radius 1 is 0.958 bits per heavy atom. The van der Waals surface area contributed by atoms with Crippen molar-refractivity contribution in [3.05, 3.63) is 12.2 Å². The molecule has 8 atom stereocenters. The Kier molecular flexibility index (Phi) is 5.26. The van der Waals surface area contributed by atoms with Crippen molar-refractivity contribution in [3.8, 4) is 0 Å². The molecule has 128 valence electrons. The van der Waals surface area contributed by atoms with Crippen LogP contribution in [0, 0.1) is 35.5 Å². The van der Waals surface area contributed by atoms with Gasteiger partial charge in [0, 0.05) is 0 Å². The van der Waals surface area contributed by atoms with Crippen LogP contribution in [0.1, 0.15) is 6.92 Å². The Balaban J connectivity index is 1.97. The number of hydrogen-bond acceptors (Lipinski definition) is 6. The molecule has 0 N–H and O–H groups in total. The number of carbonyl (C=O) groups is 3. The molecule has 0 aromatic rings. The van der Waals surface area contributed by atoms with Gasteiger partial charge in [-0.25, -0.2) is 0 Å². The Labute approximate surface area is 156 Å². The van der Waals surface area contributed by atoms with E-state index in [2.05, 4.69) is 0 Å². The third kappa shape index (κ3) is 2.60. The first-order valence-corrected chi connectivity index (χ1v) is 18.0. The van der Waals surface area contributed by atoms with Crippen molar-refractivity contribution in [2.75, 3.05) is 14.2 Å². The van der Waals surface area contributed by atoms with Gasteiger partial charge in [0.1, 0.15) is 0 Å². The number of allylic oxidation sites excluding steroid dienone is 2. The predicted octanol–water partition coefficient (Wildman–Crippen LogP) is 1.58. The quantitative estimate of drug-likeness (QED) is 0.232. The average molecular weight is 543 g/mol. The van der Waals surface area contributed by atoms with Gasteiger partial charge in [-0.3, -0.25) is 0 Å². The van der Waals surface area contributed by atoms with Crippen LogP contribution in [-0.4, -0.2) is 38.2 Å². The van der Waals surface area contributed by atoms with E-state index < -0.39 is 41.1 Å². The van der Waals surface area contributed by atoms with Gasteiger partial charge in [-0.2, -0.15) is 0 Å². The number of carbonyl (C=O) groups excluding carboxylic acids is 3. The molecule has 24 heavy (non-hydrogen) atoms. The Morgan fingerprint density at radius 2 is 1.46 bits per heavy atom. The summed E-state index contributed by atoms with van der Waals surface area (Å²) in [5.74, 6) is -2.31. The van der Waals surface area contributed by atoms with Gasteiger partial charge in [-0.15, -0.1) is 0 Å². The van der Waals surface area contributed by atoms with Crippen molar-refractivity contribution in [2.24, 2.45) is 35.5 Å². The van der Waals surface area contributed by atoms with Crippen molar-refractivity contribution >= 4 is 26.2 Å². The molecule has 4 rings (SSSR count). The molecule has 0 aliphatic heterocycles. The summed E-state index contributed by atoms with van der Waals surface area (Å²) in [6.45, 7) is 1.39. The fraction of sp³-hybridized carbons (Fsp3) is 0.688. The van der Waals surface area contributed by atoms with Crippen molar-refractivity contribution in [3.63, 3.8) is 0 Å². The zero-order valence-corrected chi connectivity index (χ0v) is 20.1. The summed E-state index contributed by atoms with van der Waals surface area (Å²) in [5, 5.41) is 0. The van der Waals surface area contributed by atoms with Gasteiger partial charge in [0.2, 0.25) is 0 Å². The van der Waals surface area contributed by atoms with Crippen LogP contribution in [0.15, 0.2) is 12.2 Å². The molecule has 0 heterocycles. The monoisotopic (exact) mass is 544 g/mol. The van der Waals surface area contributed by atoms with Crippen molar-refractivity contribution in [1.82, 2.24) is 0 Å². The van der Waals surface area contributed by atoms with Crippen molar-refractivity contribution in [2.45, 2.75) is 16.5 Å². The fourth-order valence-electron chi connectivity index (χ4n) is 5.02. The van der Waals surface area contributed by atoms with Gasteiger partial charge in [0.15, 0.2) is 0 Å². The summed E-state index contributed by atoms with van der Waals surface area (Å²) in [5.41, 5.74) is 0. The average Bonchev–Trinajstić information content (AvgIpc) is 2.57. The maximum atomic E-state index is 12.4. The van der Waals surface area contributed by atoms with Gasteiger partial charge in [-0.1, -0.05) is 0 Å². The number of ether oxygens (including phenoxy) is 3. The first kappa shape index (κ1) is 18.2. The second kappa shape index (κ2) is 6.94. The van der Waals surface area contributed by atoms with E-state index in [9.17, 15) is 14.4 Å². The Morgan fingerprint density at radius 3 is 1.88 bits per heavy atom. The molecule has 0 amide bonds. The Bertz CT molecular complexity index is 593. The molecular weight excluding hydrogens is 524 g/mol. The van der Waals surface area contributed by atoms with Gasteiger partial charge in [0.25, 0.3) is 0 Å². The summed E-state index contributed by atoms with van der Waals surface area (Å²) in [4.78, 5) is 36.2. The third-order valence-corrected chi connectivity index (χ3v) is 14.3. The molecule has 0 aromatic carbocycles. The number of fused-ring (bicyclic) bond motifs is 1. The zero-order chi connectivity index (χ0) is 17.6. The van der Waals surface area contributed by atoms with E-state index >= 15 is 0 Å². The predicted molar refractivity (Wildman–Crippen MR) is 79.3 cm³/mol. The third-order valence-electron chi connectivity index (χ3n) is 5.83. The molecule has 2 bridgehead atoms. The molecule has 2 saturated carbocycles. The fourth-order valence-corrected chi connectivity index (χ4v) is 13.9. The van der Waals surface area contributed by atoms with Crippen LogP contribution in [0.4, 0.5) is 0 Å². The van der Waals surface area contributed by atoms with Crippen LogP contribution in [0.2, 0.25) is 3.43 Å². The summed E-state index contributed by atoms with van der Waals surface area (Å²) < 4.78 is 15.6. The minimum atomic E-state index is -1.73. The summed E-state index contributed by atoms with van der Waals surface area (Å²) in [6.07, 6.45) is 3.77. The van der Waals surface area contributed by atoms with Crippen LogP contribution in [0.3, 0.4) is 0 Å². The number of rotatable bonds is 4. The van der Waals surface area contributed by atoms with Gasteiger partial charge in [0.05, 0.1) is 0 Å². The number of halogens is 1. The molecule has 4 aliphatic carbocycles. The molecule has 0 radical (unpaired) electrons. The zero-order valence-electron chi connectivity index (χ0n) is 13.8. The molecule has 0 unspecified atom stereocenters. The van der Waals surface area contributed by atoms with E-state index in [1.54, 1.807) is 0 Å². The van der Waals surface area contributed by atoms with Crippen molar-refractivity contribution in [1.29, 1.82) is 0 Å². The molecule has 4 aliphatic rings. The normalized spacial score (nSPS) is 41.5.